The molecule has 3 heteroatoms. The van der Waals surface area contributed by atoms with Gasteiger partial charge in [0.25, 0.3) is 0 Å². The molecule has 1 aromatic carbocycles. The number of phenolic OH excluding ortho intramolecular Hbond substituents is 1. The highest BCUT2D eigenvalue weighted by molar-refractivity contribution is 5.60. The molecule has 0 aliphatic rings. The van der Waals surface area contributed by atoms with Gasteiger partial charge in [0, 0.05) is 11.3 Å². The number of aromatic nitrogens is 1. The number of rotatable bonds is 1. The van der Waals surface area contributed by atoms with E-state index < -0.39 is 0 Å². The van der Waals surface area contributed by atoms with Gasteiger partial charge in [-0.3, -0.25) is 4.98 Å². The molecule has 2 aromatic rings. The zero-order chi connectivity index (χ0) is 10.8. The van der Waals surface area contributed by atoms with Gasteiger partial charge < -0.3 is 5.11 Å². The van der Waals surface area contributed by atoms with Crippen LogP contribution in [-0.2, 0) is 0 Å². The second-order valence-electron chi connectivity index (χ2n) is 3.33. The molecule has 0 saturated heterocycles. The molecule has 0 radical (unpaired) electrons. The van der Waals surface area contributed by atoms with Crippen molar-refractivity contribution in [1.82, 2.24) is 4.98 Å². The summed E-state index contributed by atoms with van der Waals surface area (Å²) in [5.41, 5.74) is 1.74. The number of hydrogen-bond acceptors (Lipinski definition) is 2. The highest BCUT2D eigenvalue weighted by Crippen LogP contribution is 2.22. The maximum Gasteiger partial charge on any atom is 0.149 e. The summed E-state index contributed by atoms with van der Waals surface area (Å²) in [5, 5.41) is 9.11. The van der Waals surface area contributed by atoms with Crippen molar-refractivity contribution < 1.29 is 9.50 Å². The summed E-state index contributed by atoms with van der Waals surface area (Å²) in [5.74, 6) is -0.196. The van der Waals surface area contributed by atoms with E-state index in [2.05, 4.69) is 4.98 Å². The molecule has 15 heavy (non-hydrogen) atoms. The van der Waals surface area contributed by atoms with E-state index in [1.165, 1.54) is 18.2 Å². The minimum Gasteiger partial charge on any atom is -0.508 e. The highest BCUT2D eigenvalue weighted by atomic mass is 19.1. The third-order valence-electron chi connectivity index (χ3n) is 2.13. The largest absolute Gasteiger partial charge is 0.508 e. The number of hydrogen-bond donors (Lipinski definition) is 1. The van der Waals surface area contributed by atoms with Gasteiger partial charge in [-0.05, 0) is 43.3 Å². The summed E-state index contributed by atoms with van der Waals surface area (Å²) < 4.78 is 13.4. The molecule has 0 spiro atoms. The van der Waals surface area contributed by atoms with Crippen LogP contribution in [0.25, 0.3) is 11.3 Å². The van der Waals surface area contributed by atoms with Crippen LogP contribution >= 0.6 is 0 Å². The SMILES string of the molecule is Cc1ccc(F)c(-c2ccc(O)cc2)n1. The average molecular weight is 203 g/mol. The van der Waals surface area contributed by atoms with E-state index in [4.69, 9.17) is 5.11 Å². The molecule has 1 aromatic heterocycles. The minimum absolute atomic E-state index is 0.159. The molecule has 0 aliphatic heterocycles. The Morgan fingerprint density at radius 2 is 1.73 bits per heavy atom. The molecule has 0 bridgehead atoms. The van der Waals surface area contributed by atoms with Crippen LogP contribution < -0.4 is 0 Å². The van der Waals surface area contributed by atoms with E-state index in [0.717, 1.165) is 5.69 Å². The first-order chi connectivity index (χ1) is 7.16. The Bertz CT molecular complexity index is 479. The summed E-state index contributed by atoms with van der Waals surface area (Å²) in [6, 6.07) is 9.32. The molecule has 0 unspecified atom stereocenters. The molecule has 1 N–H and O–H groups in total. The molecular weight excluding hydrogens is 193 g/mol. The number of pyridine rings is 1. The van der Waals surface area contributed by atoms with E-state index >= 15 is 0 Å². The van der Waals surface area contributed by atoms with Crippen molar-refractivity contribution in [1.29, 1.82) is 0 Å². The second kappa shape index (κ2) is 3.69. The van der Waals surface area contributed by atoms with Crippen molar-refractivity contribution in [2.45, 2.75) is 6.92 Å². The lowest BCUT2D eigenvalue weighted by atomic mass is 10.1. The van der Waals surface area contributed by atoms with E-state index in [-0.39, 0.29) is 11.6 Å². The summed E-state index contributed by atoms with van der Waals surface area (Å²) in [4.78, 5) is 4.12. The van der Waals surface area contributed by atoms with Gasteiger partial charge in [-0.15, -0.1) is 0 Å². The monoisotopic (exact) mass is 203 g/mol. The van der Waals surface area contributed by atoms with E-state index in [1.54, 1.807) is 18.2 Å². The predicted octanol–water partition coefficient (Wildman–Crippen LogP) is 2.90. The second-order valence-corrected chi connectivity index (χ2v) is 3.33. The number of aromatic hydroxyl groups is 1. The van der Waals surface area contributed by atoms with Crippen LogP contribution in [0.5, 0.6) is 5.75 Å². The molecule has 76 valence electrons. The van der Waals surface area contributed by atoms with Gasteiger partial charge in [-0.2, -0.15) is 0 Å². The zero-order valence-corrected chi connectivity index (χ0v) is 8.24. The molecule has 0 fully saturated rings. The fraction of sp³-hybridized carbons (Fsp3) is 0.0833. The van der Waals surface area contributed by atoms with Crippen LogP contribution in [0.4, 0.5) is 4.39 Å². The lowest BCUT2D eigenvalue weighted by Gasteiger charge is -2.03. The molecule has 1 heterocycles. The zero-order valence-electron chi connectivity index (χ0n) is 8.24. The molecule has 0 atom stereocenters. The van der Waals surface area contributed by atoms with Crippen molar-refractivity contribution in [3.63, 3.8) is 0 Å². The van der Waals surface area contributed by atoms with Gasteiger partial charge in [0.05, 0.1) is 0 Å². The molecule has 2 rings (SSSR count). The Morgan fingerprint density at radius 1 is 1.07 bits per heavy atom. The van der Waals surface area contributed by atoms with Crippen LogP contribution in [0.2, 0.25) is 0 Å². The Balaban J connectivity index is 2.53. The number of nitrogens with zero attached hydrogens (tertiary/aromatic N) is 1. The number of phenols is 1. The van der Waals surface area contributed by atoms with Crippen molar-refractivity contribution in [3.05, 3.63) is 47.9 Å². The molecule has 2 nitrogen and oxygen atoms in total. The van der Waals surface area contributed by atoms with Crippen molar-refractivity contribution >= 4 is 0 Å². The van der Waals surface area contributed by atoms with Gasteiger partial charge in [0.15, 0.2) is 0 Å². The number of aryl methyl sites for hydroxylation is 1. The Labute approximate surface area is 87.0 Å². The van der Waals surface area contributed by atoms with Gasteiger partial charge in [-0.1, -0.05) is 0 Å². The molecular formula is C12H10FNO. The lowest BCUT2D eigenvalue weighted by Crippen LogP contribution is -1.91. The number of halogens is 1. The maximum atomic E-state index is 13.4. The van der Waals surface area contributed by atoms with Gasteiger partial charge in [0.2, 0.25) is 0 Å². The Morgan fingerprint density at radius 3 is 2.40 bits per heavy atom. The van der Waals surface area contributed by atoms with Gasteiger partial charge in [-0.25, -0.2) is 4.39 Å². The highest BCUT2D eigenvalue weighted by Gasteiger charge is 2.06. The first-order valence-electron chi connectivity index (χ1n) is 4.59. The number of benzene rings is 1. The topological polar surface area (TPSA) is 33.1 Å². The summed E-state index contributed by atoms with van der Waals surface area (Å²) in [6.45, 7) is 1.81. The predicted molar refractivity (Wildman–Crippen MR) is 56.0 cm³/mol. The van der Waals surface area contributed by atoms with E-state index in [9.17, 15) is 4.39 Å². The maximum absolute atomic E-state index is 13.4. The third-order valence-corrected chi connectivity index (χ3v) is 2.13. The average Bonchev–Trinajstić information content (AvgIpc) is 2.23. The quantitative estimate of drug-likeness (QED) is 0.773. The standard InChI is InChI=1S/C12H10FNO/c1-8-2-7-11(13)12(14-8)9-3-5-10(15)6-4-9/h2-7,15H,1H3. The van der Waals surface area contributed by atoms with Crippen molar-refractivity contribution in [2.75, 3.05) is 0 Å². The minimum atomic E-state index is -0.355. The first-order valence-corrected chi connectivity index (χ1v) is 4.59. The summed E-state index contributed by atoms with van der Waals surface area (Å²) in [7, 11) is 0. The molecule has 0 saturated carbocycles. The summed E-state index contributed by atoms with van der Waals surface area (Å²) >= 11 is 0. The smallest absolute Gasteiger partial charge is 0.149 e. The first kappa shape index (κ1) is 9.65. The van der Waals surface area contributed by atoms with E-state index in [0.29, 0.717) is 11.3 Å². The fourth-order valence-electron chi connectivity index (χ4n) is 1.36. The van der Waals surface area contributed by atoms with Crippen LogP contribution in [0.15, 0.2) is 36.4 Å². The molecule has 0 amide bonds. The van der Waals surface area contributed by atoms with E-state index in [1.807, 2.05) is 6.92 Å². The normalized spacial score (nSPS) is 10.3. The fourth-order valence-corrected chi connectivity index (χ4v) is 1.36. The lowest BCUT2D eigenvalue weighted by molar-refractivity contribution is 0.475. The van der Waals surface area contributed by atoms with Crippen LogP contribution in [0.1, 0.15) is 5.69 Å². The van der Waals surface area contributed by atoms with Crippen molar-refractivity contribution in [3.8, 4) is 17.0 Å². The van der Waals surface area contributed by atoms with Gasteiger partial charge >= 0.3 is 0 Å². The van der Waals surface area contributed by atoms with Crippen LogP contribution in [0.3, 0.4) is 0 Å². The molecule has 0 aliphatic carbocycles. The van der Waals surface area contributed by atoms with Crippen LogP contribution in [-0.4, -0.2) is 10.1 Å². The summed E-state index contributed by atoms with van der Waals surface area (Å²) in [6.07, 6.45) is 0. The Kier molecular flexibility index (Phi) is 2.37. The van der Waals surface area contributed by atoms with Crippen LogP contribution in [0, 0.1) is 12.7 Å². The third kappa shape index (κ3) is 1.96. The van der Waals surface area contributed by atoms with Crippen molar-refractivity contribution in [2.24, 2.45) is 0 Å². The van der Waals surface area contributed by atoms with Gasteiger partial charge in [0.1, 0.15) is 17.3 Å². The Hall–Kier alpha value is -1.90.